The van der Waals surface area contributed by atoms with E-state index in [0.29, 0.717) is 28.6 Å². The van der Waals surface area contributed by atoms with Crippen LogP contribution in [-0.4, -0.2) is 28.5 Å². The van der Waals surface area contributed by atoms with E-state index in [4.69, 9.17) is 16.3 Å². The van der Waals surface area contributed by atoms with Gasteiger partial charge in [0.2, 0.25) is 5.91 Å². The molecule has 0 aromatic heterocycles. The molecule has 3 aromatic rings. The third kappa shape index (κ3) is 6.03. The predicted molar refractivity (Wildman–Crippen MR) is 130 cm³/mol. The first-order valence-corrected chi connectivity index (χ1v) is 11.3. The number of imide groups is 1. The SMILES string of the molecule is O=C(CN1C(=O)S/C(=C\c2ccc(OCc3ccc(Cl)cc3)cc2)C1=O)Nc1ccc(F)cc1. The number of carbonyl (C=O) groups excluding carboxylic acids is 3. The molecule has 0 aliphatic carbocycles. The topological polar surface area (TPSA) is 75.7 Å². The first-order valence-electron chi connectivity index (χ1n) is 10.2. The van der Waals surface area contributed by atoms with Gasteiger partial charge in [0.1, 0.15) is 24.7 Å². The second-order valence-corrected chi connectivity index (χ2v) is 8.74. The lowest BCUT2D eigenvalue weighted by Crippen LogP contribution is -2.36. The molecule has 0 spiro atoms. The lowest BCUT2D eigenvalue weighted by atomic mass is 10.2. The number of amides is 3. The van der Waals surface area contributed by atoms with Crippen LogP contribution in [-0.2, 0) is 16.2 Å². The van der Waals surface area contributed by atoms with Gasteiger partial charge < -0.3 is 10.1 Å². The van der Waals surface area contributed by atoms with Crippen molar-refractivity contribution in [2.45, 2.75) is 6.61 Å². The van der Waals surface area contributed by atoms with E-state index >= 15 is 0 Å². The summed E-state index contributed by atoms with van der Waals surface area (Å²) in [7, 11) is 0. The Morgan fingerprint density at radius 1 is 1.00 bits per heavy atom. The predicted octanol–water partition coefficient (Wildman–Crippen LogP) is 5.73. The van der Waals surface area contributed by atoms with Gasteiger partial charge in [-0.25, -0.2) is 4.39 Å². The van der Waals surface area contributed by atoms with E-state index in [-0.39, 0.29) is 4.91 Å². The number of hydrogen-bond donors (Lipinski definition) is 1. The third-order valence-electron chi connectivity index (χ3n) is 4.80. The summed E-state index contributed by atoms with van der Waals surface area (Å²) < 4.78 is 18.7. The fourth-order valence-electron chi connectivity index (χ4n) is 3.07. The highest BCUT2D eigenvalue weighted by Crippen LogP contribution is 2.32. The van der Waals surface area contributed by atoms with Crippen molar-refractivity contribution in [1.29, 1.82) is 0 Å². The minimum Gasteiger partial charge on any atom is -0.489 e. The Kier molecular flexibility index (Phi) is 7.30. The molecule has 172 valence electrons. The maximum atomic E-state index is 13.0. The Morgan fingerprint density at radius 2 is 1.68 bits per heavy atom. The number of halogens is 2. The van der Waals surface area contributed by atoms with Crippen LogP contribution in [0.15, 0.2) is 77.7 Å². The van der Waals surface area contributed by atoms with Gasteiger partial charge in [0.25, 0.3) is 11.1 Å². The van der Waals surface area contributed by atoms with Gasteiger partial charge >= 0.3 is 0 Å². The first kappa shape index (κ1) is 23.5. The van der Waals surface area contributed by atoms with Crippen LogP contribution in [0, 0.1) is 5.82 Å². The molecule has 1 aliphatic heterocycles. The van der Waals surface area contributed by atoms with Gasteiger partial charge in [0.05, 0.1) is 4.91 Å². The van der Waals surface area contributed by atoms with Crippen molar-refractivity contribution in [2.75, 3.05) is 11.9 Å². The van der Waals surface area contributed by atoms with Crippen molar-refractivity contribution < 1.29 is 23.5 Å². The average molecular weight is 497 g/mol. The Labute approximate surface area is 204 Å². The van der Waals surface area contributed by atoms with Crippen LogP contribution in [0.2, 0.25) is 5.02 Å². The minimum atomic E-state index is -0.558. The number of carbonyl (C=O) groups is 3. The zero-order valence-electron chi connectivity index (χ0n) is 17.7. The number of benzene rings is 3. The molecule has 1 aliphatic rings. The lowest BCUT2D eigenvalue weighted by Gasteiger charge is -2.12. The molecule has 0 bridgehead atoms. The molecule has 3 aromatic carbocycles. The lowest BCUT2D eigenvalue weighted by molar-refractivity contribution is -0.127. The molecule has 1 fully saturated rings. The molecule has 4 rings (SSSR count). The molecule has 1 N–H and O–H groups in total. The smallest absolute Gasteiger partial charge is 0.294 e. The minimum absolute atomic E-state index is 0.217. The number of rotatable bonds is 7. The first-order chi connectivity index (χ1) is 16.4. The van der Waals surface area contributed by atoms with E-state index in [0.717, 1.165) is 22.2 Å². The fraction of sp³-hybridized carbons (Fsp3) is 0.0800. The largest absolute Gasteiger partial charge is 0.489 e. The quantitative estimate of drug-likeness (QED) is 0.422. The second kappa shape index (κ2) is 10.5. The Hall–Kier alpha value is -3.62. The van der Waals surface area contributed by atoms with Crippen LogP contribution in [0.25, 0.3) is 6.08 Å². The maximum absolute atomic E-state index is 13.0. The van der Waals surface area contributed by atoms with Gasteiger partial charge in [-0.15, -0.1) is 0 Å². The molecule has 3 amide bonds. The highest BCUT2D eigenvalue weighted by atomic mass is 35.5. The Bertz CT molecular complexity index is 1250. The summed E-state index contributed by atoms with van der Waals surface area (Å²) in [6.07, 6.45) is 1.59. The highest BCUT2D eigenvalue weighted by molar-refractivity contribution is 8.18. The number of ether oxygens (including phenoxy) is 1. The van der Waals surface area contributed by atoms with Crippen LogP contribution >= 0.6 is 23.4 Å². The molecule has 0 atom stereocenters. The van der Waals surface area contributed by atoms with E-state index in [9.17, 15) is 18.8 Å². The number of hydrogen-bond acceptors (Lipinski definition) is 5. The molecular formula is C25H18ClFN2O4S. The van der Waals surface area contributed by atoms with E-state index in [1.807, 2.05) is 12.1 Å². The normalized spacial score (nSPS) is 14.5. The number of nitrogens with zero attached hydrogens (tertiary/aromatic N) is 1. The number of thioether (sulfide) groups is 1. The van der Waals surface area contributed by atoms with Crippen molar-refractivity contribution in [3.63, 3.8) is 0 Å². The van der Waals surface area contributed by atoms with Gasteiger partial charge in [-0.3, -0.25) is 19.3 Å². The zero-order valence-corrected chi connectivity index (χ0v) is 19.2. The van der Waals surface area contributed by atoms with Crippen molar-refractivity contribution in [1.82, 2.24) is 4.90 Å². The van der Waals surface area contributed by atoms with Crippen molar-refractivity contribution in [2.24, 2.45) is 0 Å². The van der Waals surface area contributed by atoms with Crippen molar-refractivity contribution >= 4 is 52.2 Å². The summed E-state index contributed by atoms with van der Waals surface area (Å²) in [4.78, 5) is 38.3. The van der Waals surface area contributed by atoms with Gasteiger partial charge in [0, 0.05) is 10.7 Å². The summed E-state index contributed by atoms with van der Waals surface area (Å²) in [5.41, 5.74) is 2.05. The third-order valence-corrected chi connectivity index (χ3v) is 5.96. The number of nitrogens with one attached hydrogen (secondary N) is 1. The summed E-state index contributed by atoms with van der Waals surface area (Å²) in [6.45, 7) is -0.0494. The van der Waals surface area contributed by atoms with Crippen molar-refractivity contribution in [3.8, 4) is 5.75 Å². The monoisotopic (exact) mass is 496 g/mol. The Morgan fingerprint density at radius 3 is 2.35 bits per heavy atom. The maximum Gasteiger partial charge on any atom is 0.294 e. The van der Waals surface area contributed by atoms with Crippen LogP contribution < -0.4 is 10.1 Å². The van der Waals surface area contributed by atoms with Crippen LogP contribution in [0.5, 0.6) is 5.75 Å². The molecule has 0 radical (unpaired) electrons. The fourth-order valence-corrected chi connectivity index (χ4v) is 4.04. The Balaban J connectivity index is 1.35. The van der Waals surface area contributed by atoms with Gasteiger partial charge in [-0.05, 0) is 77.5 Å². The van der Waals surface area contributed by atoms with Gasteiger partial charge in [0.15, 0.2) is 0 Å². The van der Waals surface area contributed by atoms with Crippen LogP contribution in [0.4, 0.5) is 14.9 Å². The zero-order chi connectivity index (χ0) is 24.1. The van der Waals surface area contributed by atoms with E-state index in [2.05, 4.69) is 5.32 Å². The standard InChI is InChI=1S/C25H18ClFN2O4S/c26-18-5-1-17(2-6-18)15-33-21-11-3-16(4-12-21)13-22-24(31)29(25(32)34-22)14-23(30)28-20-9-7-19(27)8-10-20/h1-13H,14-15H2,(H,28,30)/b22-13-. The molecule has 9 heteroatoms. The van der Waals surface area contributed by atoms with E-state index < -0.39 is 29.4 Å². The highest BCUT2D eigenvalue weighted by Gasteiger charge is 2.36. The molecule has 0 saturated carbocycles. The second-order valence-electron chi connectivity index (χ2n) is 7.31. The van der Waals surface area contributed by atoms with Gasteiger partial charge in [-0.2, -0.15) is 0 Å². The molecule has 1 saturated heterocycles. The van der Waals surface area contributed by atoms with Crippen LogP contribution in [0.1, 0.15) is 11.1 Å². The molecule has 0 unspecified atom stereocenters. The molecule has 6 nitrogen and oxygen atoms in total. The number of anilines is 1. The molecular weight excluding hydrogens is 479 g/mol. The van der Waals surface area contributed by atoms with Crippen molar-refractivity contribution in [3.05, 3.63) is 99.7 Å². The molecule has 1 heterocycles. The van der Waals surface area contributed by atoms with E-state index in [1.165, 1.54) is 24.3 Å². The van der Waals surface area contributed by atoms with Crippen LogP contribution in [0.3, 0.4) is 0 Å². The summed E-state index contributed by atoms with van der Waals surface area (Å²) >= 11 is 6.65. The average Bonchev–Trinajstić information content (AvgIpc) is 3.08. The molecule has 34 heavy (non-hydrogen) atoms. The summed E-state index contributed by atoms with van der Waals surface area (Å²) in [5.74, 6) is -0.891. The van der Waals surface area contributed by atoms with Gasteiger partial charge in [-0.1, -0.05) is 35.9 Å². The summed E-state index contributed by atoms with van der Waals surface area (Å²) in [5, 5.41) is 2.66. The summed E-state index contributed by atoms with van der Waals surface area (Å²) in [6, 6.07) is 19.6. The van der Waals surface area contributed by atoms with E-state index in [1.54, 1.807) is 42.5 Å².